The second kappa shape index (κ2) is 5.54. The largest absolute Gasteiger partial charge is 0.481 e. The molecule has 0 aromatic carbocycles. The summed E-state index contributed by atoms with van der Waals surface area (Å²) < 4.78 is 31.0. The van der Waals surface area contributed by atoms with Crippen molar-refractivity contribution < 1.29 is 23.1 Å². The van der Waals surface area contributed by atoms with E-state index in [0.29, 0.717) is 0 Å². The molecule has 3 N–H and O–H groups in total. The van der Waals surface area contributed by atoms with Gasteiger partial charge >= 0.3 is 5.97 Å². The summed E-state index contributed by atoms with van der Waals surface area (Å²) in [5, 5.41) is 13.7. The monoisotopic (exact) mass is 333 g/mol. The van der Waals surface area contributed by atoms with E-state index in [1.54, 1.807) is 0 Å². The minimum absolute atomic E-state index is 0.0377. The molecule has 2 rings (SSSR count). The van der Waals surface area contributed by atoms with Crippen molar-refractivity contribution >= 4 is 33.5 Å². The van der Waals surface area contributed by atoms with Crippen LogP contribution in [-0.2, 0) is 10.0 Å². The predicted molar refractivity (Wildman–Crippen MR) is 69.9 cm³/mol. The van der Waals surface area contributed by atoms with Crippen LogP contribution in [0.15, 0.2) is 17.3 Å². The Balaban J connectivity index is 2.40. The van der Waals surface area contributed by atoms with Crippen LogP contribution in [-0.4, -0.2) is 46.8 Å². The van der Waals surface area contributed by atoms with Crippen molar-refractivity contribution in [2.24, 2.45) is 0 Å². The highest BCUT2D eigenvalue weighted by molar-refractivity contribution is 7.92. The van der Waals surface area contributed by atoms with E-state index in [-0.39, 0.29) is 17.0 Å². The van der Waals surface area contributed by atoms with Gasteiger partial charge in [0.15, 0.2) is 5.03 Å². The van der Waals surface area contributed by atoms with E-state index in [1.165, 1.54) is 13.2 Å². The molecule has 2 heterocycles. The summed E-state index contributed by atoms with van der Waals surface area (Å²) in [5.41, 5.74) is -0.517. The van der Waals surface area contributed by atoms with Gasteiger partial charge in [-0.1, -0.05) is 11.6 Å². The summed E-state index contributed by atoms with van der Waals surface area (Å²) >= 11 is 5.68. The van der Waals surface area contributed by atoms with Crippen LogP contribution in [0.3, 0.4) is 0 Å². The molecule has 112 valence electrons. The van der Waals surface area contributed by atoms with Gasteiger partial charge in [0.2, 0.25) is 11.8 Å². The average molecular weight is 334 g/mol. The lowest BCUT2D eigenvalue weighted by atomic mass is 10.4. The maximum Gasteiger partial charge on any atom is 0.340 e. The Morgan fingerprint density at radius 1 is 1.48 bits per heavy atom. The first-order chi connectivity index (χ1) is 9.83. The number of methoxy groups -OCH3 is 1. The first kappa shape index (κ1) is 15.0. The van der Waals surface area contributed by atoms with Gasteiger partial charge in [-0.3, -0.25) is 5.10 Å². The fourth-order valence-corrected chi connectivity index (χ4v) is 2.56. The second-order valence-corrected chi connectivity index (χ2v) is 5.59. The molecule has 0 aliphatic heterocycles. The summed E-state index contributed by atoms with van der Waals surface area (Å²) in [6, 6.07) is 1.28. The molecule has 0 unspecified atom stereocenters. The first-order valence-electron chi connectivity index (χ1n) is 5.21. The number of sulfonamides is 1. The zero-order valence-electron chi connectivity index (χ0n) is 10.4. The number of nitrogens with zero attached hydrogens (tertiary/aromatic N) is 3. The minimum Gasteiger partial charge on any atom is -0.481 e. The maximum atomic E-state index is 12.1. The number of anilines is 1. The third-order valence-corrected chi connectivity index (χ3v) is 3.70. The Hall–Kier alpha value is -2.40. The van der Waals surface area contributed by atoms with E-state index >= 15 is 0 Å². The summed E-state index contributed by atoms with van der Waals surface area (Å²) in [6.45, 7) is 0. The molecule has 0 amide bonds. The molecule has 0 spiro atoms. The van der Waals surface area contributed by atoms with Crippen molar-refractivity contribution in [3.05, 3.63) is 23.0 Å². The van der Waals surface area contributed by atoms with E-state index in [2.05, 4.69) is 20.2 Å². The Bertz CT molecular complexity index is 790. The molecule has 0 aliphatic rings. The van der Waals surface area contributed by atoms with Gasteiger partial charge in [-0.05, 0) is 0 Å². The van der Waals surface area contributed by atoms with Crippen molar-refractivity contribution in [1.82, 2.24) is 20.2 Å². The molecule has 2 aromatic heterocycles. The van der Waals surface area contributed by atoms with E-state index in [9.17, 15) is 13.2 Å². The van der Waals surface area contributed by atoms with Gasteiger partial charge in [-0.2, -0.15) is 18.5 Å². The van der Waals surface area contributed by atoms with E-state index in [0.717, 1.165) is 6.20 Å². The topological polar surface area (TPSA) is 147 Å². The zero-order valence-corrected chi connectivity index (χ0v) is 11.9. The van der Waals surface area contributed by atoms with Crippen LogP contribution in [0.2, 0.25) is 5.15 Å². The molecule has 0 bridgehead atoms. The molecule has 0 saturated carbocycles. The summed E-state index contributed by atoms with van der Waals surface area (Å²) in [5.74, 6) is -1.78. The first-order valence-corrected chi connectivity index (χ1v) is 7.07. The predicted octanol–water partition coefficient (Wildman–Crippen LogP) is 0.361. The molecule has 10 nitrogen and oxygen atoms in total. The van der Waals surface area contributed by atoms with Gasteiger partial charge in [0.25, 0.3) is 10.0 Å². The second-order valence-electron chi connectivity index (χ2n) is 3.58. The fraction of sp³-hybridized carbons (Fsp3) is 0.111. The number of aromatic nitrogens is 4. The number of halogens is 1. The van der Waals surface area contributed by atoms with Gasteiger partial charge in [-0.25, -0.2) is 14.5 Å². The van der Waals surface area contributed by atoms with Gasteiger partial charge in [0.05, 0.1) is 13.3 Å². The van der Waals surface area contributed by atoms with Crippen molar-refractivity contribution in [2.45, 2.75) is 5.03 Å². The molecule has 2 aromatic rings. The fourth-order valence-electron chi connectivity index (χ4n) is 1.35. The molecule has 0 saturated heterocycles. The molecular weight excluding hydrogens is 326 g/mol. The number of aromatic carboxylic acids is 1. The van der Waals surface area contributed by atoms with Crippen LogP contribution in [0.1, 0.15) is 10.4 Å². The highest BCUT2D eigenvalue weighted by atomic mass is 35.5. The normalized spacial score (nSPS) is 11.1. The third-order valence-electron chi connectivity index (χ3n) is 2.21. The Morgan fingerprint density at radius 3 is 2.81 bits per heavy atom. The van der Waals surface area contributed by atoms with Gasteiger partial charge < -0.3 is 9.84 Å². The lowest BCUT2D eigenvalue weighted by molar-refractivity contribution is 0.0692. The molecule has 12 heteroatoms. The van der Waals surface area contributed by atoms with Crippen LogP contribution in [0.4, 0.5) is 5.95 Å². The van der Waals surface area contributed by atoms with Crippen LogP contribution in [0, 0.1) is 0 Å². The van der Waals surface area contributed by atoms with Crippen molar-refractivity contribution in [3.63, 3.8) is 0 Å². The molecule has 21 heavy (non-hydrogen) atoms. The van der Waals surface area contributed by atoms with Gasteiger partial charge in [0, 0.05) is 6.07 Å². The molecule has 0 aliphatic carbocycles. The number of H-pyrrole nitrogens is 1. The number of aromatic amines is 1. The van der Waals surface area contributed by atoms with Crippen molar-refractivity contribution in [2.75, 3.05) is 11.8 Å². The van der Waals surface area contributed by atoms with Gasteiger partial charge in [0.1, 0.15) is 10.7 Å². The molecule has 0 fully saturated rings. The van der Waals surface area contributed by atoms with E-state index in [1.807, 2.05) is 4.72 Å². The smallest absolute Gasteiger partial charge is 0.340 e. The minimum atomic E-state index is -4.28. The maximum absolute atomic E-state index is 12.1. The number of carboxylic acids is 1. The highest BCUT2D eigenvalue weighted by Crippen LogP contribution is 2.19. The van der Waals surface area contributed by atoms with Crippen LogP contribution in [0.25, 0.3) is 0 Å². The summed E-state index contributed by atoms with van der Waals surface area (Å²) in [7, 11) is -2.96. The Labute approximate surface area is 123 Å². The third kappa shape index (κ3) is 3.20. The number of hydrogen-bond donors (Lipinski definition) is 3. The van der Waals surface area contributed by atoms with E-state index < -0.39 is 26.6 Å². The summed E-state index contributed by atoms with van der Waals surface area (Å²) in [6.07, 6.45) is 0.871. The number of nitrogens with one attached hydrogen (secondary N) is 2. The Morgan fingerprint density at radius 2 is 2.19 bits per heavy atom. The van der Waals surface area contributed by atoms with Crippen molar-refractivity contribution in [3.8, 4) is 5.88 Å². The standard InChI is InChI=1S/C9H8ClN5O5S/c1-20-6-2-5(10)12-9(13-6)15-21(18,19)7-4(8(16)17)3-11-14-7/h2-3H,1H3,(H,11,14)(H,16,17)(H,12,13,15). The number of ether oxygens (including phenoxy) is 1. The van der Waals surface area contributed by atoms with E-state index in [4.69, 9.17) is 21.4 Å². The Kier molecular flexibility index (Phi) is 3.95. The SMILES string of the molecule is COc1cc(Cl)nc(NS(=O)(=O)c2[nH]ncc2C(=O)O)n1. The molecule has 0 atom stereocenters. The highest BCUT2D eigenvalue weighted by Gasteiger charge is 2.26. The van der Waals surface area contributed by atoms with Crippen molar-refractivity contribution in [1.29, 1.82) is 0 Å². The zero-order chi connectivity index (χ0) is 15.6. The number of rotatable bonds is 5. The number of hydrogen-bond acceptors (Lipinski definition) is 7. The molecular formula is C9H8ClN5O5S. The number of carbonyl (C=O) groups is 1. The lowest BCUT2D eigenvalue weighted by Crippen LogP contribution is -2.18. The van der Waals surface area contributed by atoms with Crippen LogP contribution < -0.4 is 9.46 Å². The van der Waals surface area contributed by atoms with Crippen LogP contribution in [0.5, 0.6) is 5.88 Å². The lowest BCUT2D eigenvalue weighted by Gasteiger charge is -2.07. The van der Waals surface area contributed by atoms with Gasteiger partial charge in [-0.15, -0.1) is 0 Å². The number of carboxylic acid groups (broad SMARTS) is 1. The average Bonchev–Trinajstić information content (AvgIpc) is 2.87. The van der Waals surface area contributed by atoms with Crippen LogP contribution >= 0.6 is 11.6 Å². The quantitative estimate of drug-likeness (QED) is 0.664. The molecule has 0 radical (unpaired) electrons. The summed E-state index contributed by atoms with van der Waals surface area (Å²) in [4.78, 5) is 18.3.